The Bertz CT molecular complexity index is 1020. The van der Waals surface area contributed by atoms with Crippen LogP contribution in [-0.2, 0) is 4.79 Å². The highest BCUT2D eigenvalue weighted by molar-refractivity contribution is 5.80. The summed E-state index contributed by atoms with van der Waals surface area (Å²) in [5.74, 6) is 0.658. The zero-order chi connectivity index (χ0) is 20.5. The topological polar surface area (TPSA) is 44.1 Å². The van der Waals surface area contributed by atoms with E-state index in [0.717, 1.165) is 44.7 Å². The predicted octanol–water partition coefficient (Wildman–Crippen LogP) is 3.09. The molecule has 2 saturated heterocycles. The number of likely N-dealkylation sites (tertiary alicyclic amines) is 1. The maximum absolute atomic E-state index is 11.0. The van der Waals surface area contributed by atoms with Gasteiger partial charge in [-0.25, -0.2) is 4.52 Å². The van der Waals surface area contributed by atoms with E-state index >= 15 is 0 Å². The van der Waals surface area contributed by atoms with Crippen molar-refractivity contribution in [2.24, 2.45) is 0 Å². The molecule has 156 valence electrons. The number of likely N-dealkylation sites (N-methyl/N-ethyl adjacent to an activating group) is 1. The zero-order valence-electron chi connectivity index (χ0n) is 17.6. The summed E-state index contributed by atoms with van der Waals surface area (Å²) in [6, 6.07) is 13.4. The molecule has 0 saturated carbocycles. The standard InChI is InChI=1S/C24H29N5O/c1-2-26-10-8-21(16-26)19-3-5-20(6-4-19)22-15-24-23(7-9-25-29(24)17-22)28-13-11-27(18-30)12-14-28/h3-7,9,15,17-18,21H,2,8,10-14,16H2,1H3/t21-/m0/s1. The van der Waals surface area contributed by atoms with Crippen molar-refractivity contribution >= 4 is 17.6 Å². The molecule has 1 amide bonds. The van der Waals surface area contributed by atoms with Gasteiger partial charge < -0.3 is 14.7 Å². The summed E-state index contributed by atoms with van der Waals surface area (Å²) >= 11 is 0. The lowest BCUT2D eigenvalue weighted by atomic mass is 9.96. The molecule has 4 heterocycles. The number of piperazine rings is 1. The number of hydrogen-bond donors (Lipinski definition) is 0. The van der Waals surface area contributed by atoms with Gasteiger partial charge in [0.05, 0.1) is 11.2 Å². The summed E-state index contributed by atoms with van der Waals surface area (Å²) in [4.78, 5) is 17.7. The minimum absolute atomic E-state index is 0.658. The number of carbonyl (C=O) groups excluding carboxylic acids is 1. The smallest absolute Gasteiger partial charge is 0.209 e. The molecule has 0 spiro atoms. The van der Waals surface area contributed by atoms with Gasteiger partial charge in [0.1, 0.15) is 0 Å². The van der Waals surface area contributed by atoms with Crippen molar-refractivity contribution in [2.45, 2.75) is 19.3 Å². The van der Waals surface area contributed by atoms with Crippen LogP contribution in [0.4, 0.5) is 5.69 Å². The van der Waals surface area contributed by atoms with E-state index in [4.69, 9.17) is 0 Å². The molecule has 1 atom stereocenters. The molecule has 6 nitrogen and oxygen atoms in total. The van der Waals surface area contributed by atoms with E-state index in [0.29, 0.717) is 5.92 Å². The summed E-state index contributed by atoms with van der Waals surface area (Å²) in [5, 5.41) is 4.53. The van der Waals surface area contributed by atoms with E-state index in [1.807, 2.05) is 15.6 Å². The van der Waals surface area contributed by atoms with Gasteiger partial charge in [0.2, 0.25) is 6.41 Å². The molecule has 0 unspecified atom stereocenters. The number of fused-ring (bicyclic) bond motifs is 1. The van der Waals surface area contributed by atoms with Crippen LogP contribution in [0, 0.1) is 0 Å². The van der Waals surface area contributed by atoms with Crippen molar-refractivity contribution in [3.05, 3.63) is 54.4 Å². The van der Waals surface area contributed by atoms with Gasteiger partial charge in [-0.15, -0.1) is 0 Å². The molecule has 2 fully saturated rings. The molecule has 3 aromatic rings. The van der Waals surface area contributed by atoms with E-state index in [1.165, 1.54) is 41.9 Å². The Morgan fingerprint density at radius 2 is 1.83 bits per heavy atom. The van der Waals surface area contributed by atoms with E-state index in [1.54, 1.807) is 0 Å². The Morgan fingerprint density at radius 3 is 2.53 bits per heavy atom. The fourth-order valence-electron chi connectivity index (χ4n) is 4.83. The molecule has 5 rings (SSSR count). The van der Waals surface area contributed by atoms with Gasteiger partial charge in [0.15, 0.2) is 0 Å². The molecule has 0 radical (unpaired) electrons. The molecule has 2 aliphatic heterocycles. The predicted molar refractivity (Wildman–Crippen MR) is 120 cm³/mol. The number of aromatic nitrogens is 2. The normalized spacial score (nSPS) is 20.2. The molecule has 1 aromatic carbocycles. The molecule has 6 heteroatoms. The monoisotopic (exact) mass is 403 g/mol. The van der Waals surface area contributed by atoms with Crippen LogP contribution in [0.3, 0.4) is 0 Å². The fraction of sp³-hybridized carbons (Fsp3) is 0.417. The largest absolute Gasteiger partial charge is 0.366 e. The minimum Gasteiger partial charge on any atom is -0.366 e. The van der Waals surface area contributed by atoms with Crippen molar-refractivity contribution in [1.29, 1.82) is 0 Å². The first-order valence-electron chi connectivity index (χ1n) is 11.0. The van der Waals surface area contributed by atoms with Gasteiger partial charge >= 0.3 is 0 Å². The Kier molecular flexibility index (Phi) is 5.17. The van der Waals surface area contributed by atoms with Crippen LogP contribution >= 0.6 is 0 Å². The second-order valence-electron chi connectivity index (χ2n) is 8.40. The lowest BCUT2D eigenvalue weighted by molar-refractivity contribution is -0.118. The highest BCUT2D eigenvalue weighted by Crippen LogP contribution is 2.31. The molecule has 30 heavy (non-hydrogen) atoms. The second kappa shape index (κ2) is 8.11. The summed E-state index contributed by atoms with van der Waals surface area (Å²) in [5.41, 5.74) is 6.17. The van der Waals surface area contributed by atoms with E-state index in [-0.39, 0.29) is 0 Å². The molecule has 0 aliphatic carbocycles. The average molecular weight is 404 g/mol. The van der Waals surface area contributed by atoms with Crippen LogP contribution < -0.4 is 4.90 Å². The van der Waals surface area contributed by atoms with Gasteiger partial charge in [-0.3, -0.25) is 4.79 Å². The molecule has 0 bridgehead atoms. The highest BCUT2D eigenvalue weighted by atomic mass is 16.1. The molecular formula is C24H29N5O. The molecule has 0 N–H and O–H groups in total. The number of carbonyl (C=O) groups is 1. The minimum atomic E-state index is 0.658. The Balaban J connectivity index is 1.38. The zero-order valence-corrected chi connectivity index (χ0v) is 17.6. The van der Waals surface area contributed by atoms with Gasteiger partial charge in [0, 0.05) is 50.7 Å². The third-order valence-electron chi connectivity index (χ3n) is 6.73. The van der Waals surface area contributed by atoms with Crippen molar-refractivity contribution in [2.75, 3.05) is 50.7 Å². The number of anilines is 1. The maximum atomic E-state index is 11.0. The number of benzene rings is 1. The first-order chi connectivity index (χ1) is 14.7. The highest BCUT2D eigenvalue weighted by Gasteiger charge is 2.23. The van der Waals surface area contributed by atoms with Gasteiger partial charge in [-0.1, -0.05) is 31.2 Å². The lowest BCUT2D eigenvalue weighted by Gasteiger charge is -2.34. The summed E-state index contributed by atoms with van der Waals surface area (Å²) < 4.78 is 1.97. The number of rotatable bonds is 5. The molecule has 2 aromatic heterocycles. The van der Waals surface area contributed by atoms with Gasteiger partial charge in [0.25, 0.3) is 0 Å². The van der Waals surface area contributed by atoms with E-state index in [9.17, 15) is 4.79 Å². The Hall–Kier alpha value is -2.86. The SMILES string of the molecule is CCN1CC[C@H](c2ccc(-c3cc4c(N5CCN(C=O)CC5)ccnn4c3)cc2)C1. The van der Waals surface area contributed by atoms with Gasteiger partial charge in [-0.05, 0) is 48.7 Å². The molecular weight excluding hydrogens is 374 g/mol. The maximum Gasteiger partial charge on any atom is 0.209 e. The van der Waals surface area contributed by atoms with Crippen LogP contribution in [0.2, 0.25) is 0 Å². The van der Waals surface area contributed by atoms with Crippen molar-refractivity contribution in [3.8, 4) is 11.1 Å². The average Bonchev–Trinajstić information content (AvgIpc) is 3.46. The summed E-state index contributed by atoms with van der Waals surface area (Å²) in [6.07, 6.45) is 6.18. The van der Waals surface area contributed by atoms with E-state index in [2.05, 4.69) is 64.4 Å². The number of amides is 1. The first kappa shape index (κ1) is 19.1. The van der Waals surface area contributed by atoms with E-state index < -0.39 is 0 Å². The molecule has 2 aliphatic rings. The number of hydrogen-bond acceptors (Lipinski definition) is 4. The number of nitrogens with zero attached hydrogens (tertiary/aromatic N) is 5. The van der Waals surface area contributed by atoms with Crippen molar-refractivity contribution in [3.63, 3.8) is 0 Å². The Labute approximate surface area is 177 Å². The summed E-state index contributed by atoms with van der Waals surface area (Å²) in [6.45, 7) is 9.01. The van der Waals surface area contributed by atoms with Crippen LogP contribution in [0.1, 0.15) is 24.8 Å². The summed E-state index contributed by atoms with van der Waals surface area (Å²) in [7, 11) is 0. The van der Waals surface area contributed by atoms with Crippen LogP contribution in [0.15, 0.2) is 48.8 Å². The first-order valence-corrected chi connectivity index (χ1v) is 11.0. The van der Waals surface area contributed by atoms with Crippen LogP contribution in [-0.4, -0.2) is 71.6 Å². The third kappa shape index (κ3) is 3.56. The van der Waals surface area contributed by atoms with Gasteiger partial charge in [-0.2, -0.15) is 5.10 Å². The quantitative estimate of drug-likeness (QED) is 0.614. The second-order valence-corrected chi connectivity index (χ2v) is 8.40. The third-order valence-corrected chi connectivity index (χ3v) is 6.73. The Morgan fingerprint density at radius 1 is 1.03 bits per heavy atom. The van der Waals surface area contributed by atoms with Crippen LogP contribution in [0.5, 0.6) is 0 Å². The van der Waals surface area contributed by atoms with Crippen molar-refractivity contribution < 1.29 is 4.79 Å². The van der Waals surface area contributed by atoms with Crippen LogP contribution in [0.25, 0.3) is 16.6 Å². The lowest BCUT2D eigenvalue weighted by Crippen LogP contribution is -2.45. The van der Waals surface area contributed by atoms with Crippen molar-refractivity contribution in [1.82, 2.24) is 19.4 Å². The fourth-order valence-corrected chi connectivity index (χ4v) is 4.83.